The van der Waals surface area contributed by atoms with Gasteiger partial charge in [-0.1, -0.05) is 43.0 Å². The van der Waals surface area contributed by atoms with Gasteiger partial charge in [0.1, 0.15) is 18.5 Å². The summed E-state index contributed by atoms with van der Waals surface area (Å²) in [4.78, 5) is 14.9. The predicted molar refractivity (Wildman–Crippen MR) is 96.2 cm³/mol. The fourth-order valence-corrected chi connectivity index (χ4v) is 3.02. The van der Waals surface area contributed by atoms with Crippen molar-refractivity contribution in [3.05, 3.63) is 72.3 Å². The third-order valence-electron chi connectivity index (χ3n) is 4.09. The van der Waals surface area contributed by atoms with Crippen molar-refractivity contribution in [1.82, 2.24) is 4.90 Å². The molecule has 24 heavy (non-hydrogen) atoms. The number of ether oxygens (including phenoxy) is 1. The highest BCUT2D eigenvalue weighted by Gasteiger charge is 2.35. The summed E-state index contributed by atoms with van der Waals surface area (Å²) in [5.41, 5.74) is 2.49. The van der Waals surface area contributed by atoms with Gasteiger partial charge < -0.3 is 15.0 Å². The van der Waals surface area contributed by atoms with Gasteiger partial charge >= 0.3 is 0 Å². The lowest BCUT2D eigenvalue weighted by molar-refractivity contribution is 0.0614. The van der Waals surface area contributed by atoms with Crippen molar-refractivity contribution in [2.75, 3.05) is 11.9 Å². The summed E-state index contributed by atoms with van der Waals surface area (Å²) >= 11 is 0. The van der Waals surface area contributed by atoms with Crippen molar-refractivity contribution < 1.29 is 9.53 Å². The molecule has 0 aliphatic carbocycles. The summed E-state index contributed by atoms with van der Waals surface area (Å²) < 4.78 is 5.79. The molecule has 1 aliphatic heterocycles. The van der Waals surface area contributed by atoms with Gasteiger partial charge in [0.15, 0.2) is 0 Å². The summed E-state index contributed by atoms with van der Waals surface area (Å²) in [5, 5.41) is 3.49. The van der Waals surface area contributed by atoms with Crippen LogP contribution in [0.1, 0.15) is 35.9 Å². The minimum atomic E-state index is -0.270. The van der Waals surface area contributed by atoms with Gasteiger partial charge in [0, 0.05) is 17.3 Å². The highest BCUT2D eigenvalue weighted by atomic mass is 16.5. The van der Waals surface area contributed by atoms with Gasteiger partial charge in [0.25, 0.3) is 5.91 Å². The zero-order valence-electron chi connectivity index (χ0n) is 14.0. The zero-order chi connectivity index (χ0) is 17.1. The lowest BCUT2D eigenvalue weighted by Gasteiger charge is -2.41. The molecule has 0 aromatic heterocycles. The van der Waals surface area contributed by atoms with Crippen LogP contribution in [-0.2, 0) is 0 Å². The van der Waals surface area contributed by atoms with Crippen LogP contribution in [0.3, 0.4) is 0 Å². The highest BCUT2D eigenvalue weighted by molar-refractivity contribution is 6.01. The summed E-state index contributed by atoms with van der Waals surface area (Å²) in [6.45, 7) is 8.17. The first-order valence-corrected chi connectivity index (χ1v) is 8.14. The Balaban J connectivity index is 2.06. The van der Waals surface area contributed by atoms with Crippen LogP contribution in [-0.4, -0.2) is 23.5 Å². The van der Waals surface area contributed by atoms with Crippen LogP contribution in [0.4, 0.5) is 5.69 Å². The van der Waals surface area contributed by atoms with Crippen molar-refractivity contribution in [3.63, 3.8) is 0 Å². The molecule has 0 spiro atoms. The Bertz CT molecular complexity index is 755. The first kappa shape index (κ1) is 16.1. The molecule has 4 nitrogen and oxygen atoms in total. The maximum atomic E-state index is 13.0. The van der Waals surface area contributed by atoms with E-state index in [0.717, 1.165) is 17.0 Å². The first-order valence-electron chi connectivity index (χ1n) is 8.14. The fraction of sp³-hybridized carbons (Fsp3) is 0.250. The Hall–Kier alpha value is -2.75. The van der Waals surface area contributed by atoms with Gasteiger partial charge in [-0.05, 0) is 32.0 Å². The number of rotatable bonds is 5. The predicted octanol–water partition coefficient (Wildman–Crippen LogP) is 4.23. The smallest absolute Gasteiger partial charge is 0.258 e. The van der Waals surface area contributed by atoms with Crippen molar-refractivity contribution >= 4 is 11.6 Å². The molecule has 1 heterocycles. The van der Waals surface area contributed by atoms with Crippen LogP contribution in [0.2, 0.25) is 0 Å². The fourth-order valence-electron chi connectivity index (χ4n) is 3.02. The van der Waals surface area contributed by atoms with Crippen LogP contribution >= 0.6 is 0 Å². The minimum absolute atomic E-state index is 0.0304. The van der Waals surface area contributed by atoms with E-state index in [1.165, 1.54) is 0 Å². The molecule has 4 heteroatoms. The van der Waals surface area contributed by atoms with Crippen molar-refractivity contribution in [1.29, 1.82) is 0 Å². The van der Waals surface area contributed by atoms with Gasteiger partial charge in [-0.3, -0.25) is 4.79 Å². The number of hydrogen-bond acceptors (Lipinski definition) is 3. The van der Waals surface area contributed by atoms with E-state index >= 15 is 0 Å². The number of para-hydroxylation sites is 2. The van der Waals surface area contributed by atoms with Gasteiger partial charge in [0.05, 0.1) is 5.56 Å². The van der Waals surface area contributed by atoms with Gasteiger partial charge in [-0.2, -0.15) is 0 Å². The first-order chi connectivity index (χ1) is 11.6. The van der Waals surface area contributed by atoms with Gasteiger partial charge in [-0.25, -0.2) is 0 Å². The van der Waals surface area contributed by atoms with Crippen LogP contribution in [0.5, 0.6) is 5.75 Å². The average Bonchev–Trinajstić information content (AvgIpc) is 2.59. The van der Waals surface area contributed by atoms with E-state index in [2.05, 4.69) is 11.9 Å². The quantitative estimate of drug-likeness (QED) is 0.838. The molecule has 1 N–H and O–H groups in total. The normalized spacial score (nSPS) is 16.5. The molecule has 0 saturated heterocycles. The van der Waals surface area contributed by atoms with E-state index in [4.69, 9.17) is 4.74 Å². The lowest BCUT2D eigenvalue weighted by Crippen LogP contribution is -2.46. The second kappa shape index (κ2) is 6.79. The van der Waals surface area contributed by atoms with Gasteiger partial charge in [-0.15, -0.1) is 0 Å². The highest BCUT2D eigenvalue weighted by Crippen LogP contribution is 2.37. The van der Waals surface area contributed by atoms with E-state index in [0.29, 0.717) is 12.2 Å². The van der Waals surface area contributed by atoms with Crippen molar-refractivity contribution in [2.24, 2.45) is 0 Å². The second-order valence-electron chi connectivity index (χ2n) is 6.04. The Kier molecular flexibility index (Phi) is 4.56. The minimum Gasteiger partial charge on any atom is -0.489 e. The number of hydrogen-bond donors (Lipinski definition) is 1. The van der Waals surface area contributed by atoms with E-state index in [-0.39, 0.29) is 18.1 Å². The van der Waals surface area contributed by atoms with Gasteiger partial charge in [0.2, 0.25) is 0 Å². The average molecular weight is 322 g/mol. The number of benzene rings is 2. The van der Waals surface area contributed by atoms with Crippen molar-refractivity contribution in [2.45, 2.75) is 26.1 Å². The number of fused-ring (bicyclic) bond motifs is 1. The third-order valence-corrected chi connectivity index (χ3v) is 4.09. The summed E-state index contributed by atoms with van der Waals surface area (Å²) in [6.07, 6.45) is 1.44. The van der Waals surface area contributed by atoms with E-state index in [1.54, 1.807) is 6.08 Å². The van der Waals surface area contributed by atoms with E-state index < -0.39 is 0 Å². The molecule has 0 radical (unpaired) electrons. The summed E-state index contributed by atoms with van der Waals surface area (Å²) in [7, 11) is 0. The second-order valence-corrected chi connectivity index (χ2v) is 6.04. The summed E-state index contributed by atoms with van der Waals surface area (Å²) in [6, 6.07) is 15.5. The number of carbonyl (C=O) groups excluding carboxylic acids is 1. The summed E-state index contributed by atoms with van der Waals surface area (Å²) in [5.74, 6) is 0.788. The molecule has 0 saturated carbocycles. The van der Waals surface area contributed by atoms with Crippen LogP contribution in [0, 0.1) is 0 Å². The zero-order valence-corrected chi connectivity index (χ0v) is 14.0. The molecule has 1 amide bonds. The number of carbonyl (C=O) groups is 1. The van der Waals surface area contributed by atoms with Crippen LogP contribution in [0.15, 0.2) is 61.2 Å². The number of nitrogens with zero attached hydrogens (tertiary/aromatic N) is 1. The Labute approximate surface area is 142 Å². The number of anilines is 1. The third kappa shape index (κ3) is 2.87. The molecule has 3 rings (SSSR count). The molecule has 1 aliphatic rings. The Morgan fingerprint density at radius 2 is 1.92 bits per heavy atom. The SMILES string of the molecule is C=CCOc1ccccc1C1Nc2ccccc2C(=O)N1C(C)C. The molecule has 0 bridgehead atoms. The topological polar surface area (TPSA) is 41.6 Å². The Morgan fingerprint density at radius 1 is 1.21 bits per heavy atom. The number of amides is 1. The van der Waals surface area contributed by atoms with E-state index in [1.807, 2.05) is 67.3 Å². The largest absolute Gasteiger partial charge is 0.489 e. The van der Waals surface area contributed by atoms with Crippen LogP contribution < -0.4 is 10.1 Å². The molecule has 2 aromatic rings. The molecular formula is C20H22N2O2. The maximum absolute atomic E-state index is 13.0. The van der Waals surface area contributed by atoms with E-state index in [9.17, 15) is 4.79 Å². The van der Waals surface area contributed by atoms with Crippen LogP contribution in [0.25, 0.3) is 0 Å². The molecule has 124 valence electrons. The lowest BCUT2D eigenvalue weighted by atomic mass is 10.0. The van der Waals surface area contributed by atoms with Crippen molar-refractivity contribution in [3.8, 4) is 5.75 Å². The number of nitrogens with one attached hydrogen (secondary N) is 1. The molecule has 0 fully saturated rings. The monoisotopic (exact) mass is 322 g/mol. The molecule has 1 unspecified atom stereocenters. The molecule has 2 aromatic carbocycles. The maximum Gasteiger partial charge on any atom is 0.258 e. The Morgan fingerprint density at radius 3 is 2.67 bits per heavy atom. The molecule has 1 atom stereocenters. The molecular weight excluding hydrogens is 300 g/mol. The standard InChI is InChI=1S/C20H22N2O2/c1-4-13-24-18-12-8-6-10-16(18)19-21-17-11-7-5-9-15(17)20(23)22(19)14(2)3/h4-12,14,19,21H,1,13H2,2-3H3.